The van der Waals surface area contributed by atoms with Gasteiger partial charge in [0.2, 0.25) is 0 Å². The van der Waals surface area contributed by atoms with E-state index in [1.54, 1.807) is 0 Å². The summed E-state index contributed by atoms with van der Waals surface area (Å²) in [6.45, 7) is 1.66. The fraction of sp³-hybridized carbons (Fsp3) is 0.800. The molecule has 68 valence electrons. The molecule has 1 saturated carbocycles. The van der Waals surface area contributed by atoms with Gasteiger partial charge in [0.05, 0.1) is 0 Å². The van der Waals surface area contributed by atoms with E-state index in [1.165, 1.54) is 12.8 Å². The Hall–Kier alpha value is -0.370. The van der Waals surface area contributed by atoms with Crippen molar-refractivity contribution in [3.8, 4) is 0 Å². The van der Waals surface area contributed by atoms with Crippen LogP contribution in [0.1, 0.15) is 19.8 Å². The second kappa shape index (κ2) is 3.17. The Morgan fingerprint density at radius 2 is 2.33 bits per heavy atom. The van der Waals surface area contributed by atoms with Crippen molar-refractivity contribution in [2.75, 3.05) is 6.67 Å². The summed E-state index contributed by atoms with van der Waals surface area (Å²) in [5, 5.41) is 3.33. The lowest BCUT2D eigenvalue weighted by Crippen LogP contribution is -2.40. The molecule has 0 aromatic heterocycles. The first-order valence-electron chi connectivity index (χ1n) is 4.80. The first kappa shape index (κ1) is 8.24. The number of hydrogen-bond acceptors (Lipinski definition) is 1. The molecule has 1 nitrogen and oxygen atoms in total. The summed E-state index contributed by atoms with van der Waals surface area (Å²) in [5.74, 6) is 1.46. The van der Waals surface area contributed by atoms with E-state index in [9.17, 15) is 4.39 Å². The van der Waals surface area contributed by atoms with Gasteiger partial charge in [-0.05, 0) is 31.6 Å². The van der Waals surface area contributed by atoms with E-state index < -0.39 is 0 Å². The Labute approximate surface area is 73.0 Å². The highest BCUT2D eigenvalue weighted by atomic mass is 19.1. The molecule has 0 aliphatic heterocycles. The number of fused-ring (bicyclic) bond motifs is 2. The van der Waals surface area contributed by atoms with Gasteiger partial charge in [0.15, 0.2) is 0 Å². The highest BCUT2D eigenvalue weighted by Crippen LogP contribution is 2.39. The number of alkyl halides is 1. The molecule has 0 heterocycles. The van der Waals surface area contributed by atoms with Gasteiger partial charge in [0, 0.05) is 12.1 Å². The quantitative estimate of drug-likeness (QED) is 0.636. The summed E-state index contributed by atoms with van der Waals surface area (Å²) >= 11 is 0. The Bertz CT molecular complexity index is 190. The van der Waals surface area contributed by atoms with E-state index in [1.807, 2.05) is 6.92 Å². The van der Waals surface area contributed by atoms with E-state index in [0.717, 1.165) is 5.92 Å². The van der Waals surface area contributed by atoms with Crippen molar-refractivity contribution in [2.24, 2.45) is 11.8 Å². The van der Waals surface area contributed by atoms with Crippen LogP contribution in [-0.4, -0.2) is 18.8 Å². The van der Waals surface area contributed by atoms with Crippen molar-refractivity contribution in [1.29, 1.82) is 0 Å². The van der Waals surface area contributed by atoms with Gasteiger partial charge in [-0.25, -0.2) is 4.39 Å². The maximum absolute atomic E-state index is 12.2. The molecule has 0 spiro atoms. The normalized spacial score (nSPS) is 40.7. The van der Waals surface area contributed by atoms with Gasteiger partial charge in [0.25, 0.3) is 0 Å². The molecular formula is C10H16FN. The largest absolute Gasteiger partial charge is 0.308 e. The minimum atomic E-state index is -0.252. The standard InChI is InChI=1S/C10H16FN/c1-7(6-11)12-10-5-8-2-3-9(10)4-8/h2-3,7-10,12H,4-6H2,1H3/t7?,8-,9+,10?/m1/s1. The molecule has 2 rings (SSSR count). The lowest BCUT2D eigenvalue weighted by atomic mass is 10.0. The summed E-state index contributed by atoms with van der Waals surface area (Å²) in [4.78, 5) is 0. The lowest BCUT2D eigenvalue weighted by Gasteiger charge is -2.22. The molecule has 0 aromatic carbocycles. The maximum Gasteiger partial charge on any atom is 0.104 e. The minimum Gasteiger partial charge on any atom is -0.308 e. The van der Waals surface area contributed by atoms with E-state index in [2.05, 4.69) is 17.5 Å². The van der Waals surface area contributed by atoms with E-state index in [0.29, 0.717) is 12.0 Å². The average molecular weight is 169 g/mol. The third-order valence-corrected chi connectivity index (χ3v) is 3.01. The van der Waals surface area contributed by atoms with Crippen LogP contribution in [0.5, 0.6) is 0 Å². The molecule has 2 unspecified atom stereocenters. The van der Waals surface area contributed by atoms with Crippen LogP contribution in [0, 0.1) is 11.8 Å². The van der Waals surface area contributed by atoms with Gasteiger partial charge in [-0.15, -0.1) is 0 Å². The minimum absolute atomic E-state index is 0.0303. The Balaban J connectivity index is 1.87. The van der Waals surface area contributed by atoms with Gasteiger partial charge in [-0.3, -0.25) is 0 Å². The smallest absolute Gasteiger partial charge is 0.104 e. The Morgan fingerprint density at radius 1 is 1.50 bits per heavy atom. The third-order valence-electron chi connectivity index (χ3n) is 3.01. The predicted molar refractivity (Wildman–Crippen MR) is 47.7 cm³/mol. The average Bonchev–Trinajstić information content (AvgIpc) is 2.64. The van der Waals surface area contributed by atoms with Crippen molar-refractivity contribution in [3.05, 3.63) is 12.2 Å². The van der Waals surface area contributed by atoms with E-state index >= 15 is 0 Å². The highest BCUT2D eigenvalue weighted by molar-refractivity contribution is 5.12. The second-order valence-electron chi connectivity index (χ2n) is 4.11. The molecule has 2 aliphatic carbocycles. The number of rotatable bonds is 3. The molecule has 0 radical (unpaired) electrons. The number of halogens is 1. The summed E-state index contributed by atoms with van der Waals surface area (Å²) in [6, 6.07) is 0.577. The fourth-order valence-electron chi connectivity index (χ4n) is 2.38. The van der Waals surface area contributed by atoms with Gasteiger partial charge < -0.3 is 5.32 Å². The zero-order chi connectivity index (χ0) is 8.55. The van der Waals surface area contributed by atoms with Crippen LogP contribution >= 0.6 is 0 Å². The predicted octanol–water partition coefficient (Wildman–Crippen LogP) is 1.90. The number of hydrogen-bond donors (Lipinski definition) is 1. The van der Waals surface area contributed by atoms with Crippen LogP contribution in [0.4, 0.5) is 4.39 Å². The van der Waals surface area contributed by atoms with E-state index in [4.69, 9.17) is 0 Å². The zero-order valence-electron chi connectivity index (χ0n) is 7.46. The third kappa shape index (κ3) is 1.40. The topological polar surface area (TPSA) is 12.0 Å². The molecule has 1 fully saturated rings. The van der Waals surface area contributed by atoms with Gasteiger partial charge in [-0.1, -0.05) is 12.2 Å². The molecule has 2 heteroatoms. The van der Waals surface area contributed by atoms with Gasteiger partial charge in [-0.2, -0.15) is 0 Å². The molecule has 12 heavy (non-hydrogen) atoms. The van der Waals surface area contributed by atoms with Gasteiger partial charge in [0.1, 0.15) is 6.67 Å². The molecule has 2 aliphatic rings. The Morgan fingerprint density at radius 3 is 2.83 bits per heavy atom. The summed E-state index contributed by atoms with van der Waals surface area (Å²) in [7, 11) is 0. The molecule has 0 amide bonds. The molecular weight excluding hydrogens is 153 g/mol. The highest BCUT2D eigenvalue weighted by Gasteiger charge is 2.35. The van der Waals surface area contributed by atoms with Crippen LogP contribution in [0.25, 0.3) is 0 Å². The molecule has 1 N–H and O–H groups in total. The SMILES string of the molecule is CC(CF)NC1C[C@@H]2C=C[C@H]1C2. The summed E-state index contributed by atoms with van der Waals surface area (Å²) < 4.78 is 12.2. The second-order valence-corrected chi connectivity index (χ2v) is 4.11. The van der Waals surface area contributed by atoms with Crippen molar-refractivity contribution < 1.29 is 4.39 Å². The Kier molecular flexibility index (Phi) is 2.18. The van der Waals surface area contributed by atoms with Crippen LogP contribution in [0.15, 0.2) is 12.2 Å². The number of allylic oxidation sites excluding steroid dienone is 1. The molecule has 0 saturated heterocycles. The van der Waals surface area contributed by atoms with Crippen molar-refractivity contribution in [1.82, 2.24) is 5.32 Å². The van der Waals surface area contributed by atoms with Gasteiger partial charge >= 0.3 is 0 Å². The summed E-state index contributed by atoms with van der Waals surface area (Å²) in [5.41, 5.74) is 0. The first-order valence-corrected chi connectivity index (χ1v) is 4.80. The number of nitrogens with one attached hydrogen (secondary N) is 1. The van der Waals surface area contributed by atoms with Crippen LogP contribution in [-0.2, 0) is 0 Å². The van der Waals surface area contributed by atoms with Crippen LogP contribution in [0.2, 0.25) is 0 Å². The maximum atomic E-state index is 12.2. The molecule has 2 bridgehead atoms. The van der Waals surface area contributed by atoms with Crippen molar-refractivity contribution in [3.63, 3.8) is 0 Å². The molecule has 4 atom stereocenters. The van der Waals surface area contributed by atoms with Crippen LogP contribution < -0.4 is 5.32 Å². The first-order chi connectivity index (χ1) is 5.79. The molecule has 0 aromatic rings. The van der Waals surface area contributed by atoms with E-state index in [-0.39, 0.29) is 12.7 Å². The monoisotopic (exact) mass is 169 g/mol. The zero-order valence-corrected chi connectivity index (χ0v) is 7.46. The fourth-order valence-corrected chi connectivity index (χ4v) is 2.38. The van der Waals surface area contributed by atoms with Crippen molar-refractivity contribution in [2.45, 2.75) is 31.8 Å². The lowest BCUT2D eigenvalue weighted by molar-refractivity contribution is 0.336. The summed E-state index contributed by atoms with van der Waals surface area (Å²) in [6.07, 6.45) is 7.10. The van der Waals surface area contributed by atoms with Crippen LogP contribution in [0.3, 0.4) is 0 Å². The van der Waals surface area contributed by atoms with Crippen molar-refractivity contribution >= 4 is 0 Å².